The standard InChI is InChI=1S/C17H20N3O/c1-18-17(21)16-14(9-10-20(2)3)11-19-12-15(16)13-7-5-4-6-8-13/h4-8,11H,9-10H2,1-3H3,(H,18,21). The number of benzene rings is 1. The molecule has 0 unspecified atom stereocenters. The normalized spacial score (nSPS) is 10.7. The Morgan fingerprint density at radius 3 is 2.62 bits per heavy atom. The molecule has 2 aromatic rings. The van der Waals surface area contributed by atoms with Gasteiger partial charge in [-0.2, -0.15) is 0 Å². The number of carbonyl (C=O) groups is 1. The molecule has 1 heterocycles. The third-order valence-corrected chi connectivity index (χ3v) is 3.31. The quantitative estimate of drug-likeness (QED) is 0.912. The second-order valence-electron chi connectivity index (χ2n) is 5.14. The summed E-state index contributed by atoms with van der Waals surface area (Å²) in [6.45, 7) is 0.865. The number of carbonyl (C=O) groups excluding carboxylic acids is 1. The Labute approximate surface area is 125 Å². The summed E-state index contributed by atoms with van der Waals surface area (Å²) in [5, 5.41) is 2.72. The summed E-state index contributed by atoms with van der Waals surface area (Å²) < 4.78 is 0. The number of pyridine rings is 1. The SMILES string of the molecule is CNC(=O)c1c(-c2ccccc2)[c]ncc1CCN(C)C. The van der Waals surface area contributed by atoms with Crippen LogP contribution in [0.5, 0.6) is 0 Å². The molecule has 4 nitrogen and oxygen atoms in total. The van der Waals surface area contributed by atoms with E-state index in [-0.39, 0.29) is 5.91 Å². The molecule has 0 aliphatic heterocycles. The molecule has 0 bridgehead atoms. The third-order valence-electron chi connectivity index (χ3n) is 3.31. The molecule has 0 spiro atoms. The Hall–Kier alpha value is -2.20. The monoisotopic (exact) mass is 282 g/mol. The first-order chi connectivity index (χ1) is 10.1. The summed E-state index contributed by atoms with van der Waals surface area (Å²) >= 11 is 0. The van der Waals surface area contributed by atoms with Gasteiger partial charge < -0.3 is 10.2 Å². The molecule has 0 aliphatic carbocycles. The Bertz CT molecular complexity index is 609. The highest BCUT2D eigenvalue weighted by Gasteiger charge is 2.17. The van der Waals surface area contributed by atoms with Crippen molar-refractivity contribution in [3.05, 3.63) is 53.9 Å². The first kappa shape index (κ1) is 15.2. The first-order valence-electron chi connectivity index (χ1n) is 6.95. The van der Waals surface area contributed by atoms with Crippen molar-refractivity contribution < 1.29 is 4.79 Å². The Balaban J connectivity index is 2.49. The van der Waals surface area contributed by atoms with E-state index in [4.69, 9.17) is 0 Å². The zero-order valence-corrected chi connectivity index (χ0v) is 12.7. The lowest BCUT2D eigenvalue weighted by molar-refractivity contribution is 0.0962. The summed E-state index contributed by atoms with van der Waals surface area (Å²) in [6, 6.07) is 9.78. The molecule has 0 saturated carbocycles. The van der Waals surface area contributed by atoms with Gasteiger partial charge in [0.2, 0.25) is 0 Å². The minimum Gasteiger partial charge on any atom is -0.355 e. The van der Waals surface area contributed by atoms with Crippen LogP contribution in [0, 0.1) is 6.20 Å². The molecular formula is C17H20N3O. The molecule has 0 aliphatic rings. The van der Waals surface area contributed by atoms with Gasteiger partial charge in [0, 0.05) is 25.4 Å². The highest BCUT2D eigenvalue weighted by atomic mass is 16.1. The van der Waals surface area contributed by atoms with Crippen molar-refractivity contribution in [2.24, 2.45) is 0 Å². The summed E-state index contributed by atoms with van der Waals surface area (Å²) in [5.74, 6) is -0.0961. The van der Waals surface area contributed by atoms with E-state index in [0.29, 0.717) is 5.56 Å². The zero-order chi connectivity index (χ0) is 15.2. The van der Waals surface area contributed by atoms with E-state index in [0.717, 1.165) is 29.7 Å². The van der Waals surface area contributed by atoms with Crippen LogP contribution in [-0.4, -0.2) is 43.5 Å². The molecule has 0 atom stereocenters. The minimum atomic E-state index is -0.0961. The maximum atomic E-state index is 12.3. The second kappa shape index (κ2) is 6.99. The molecule has 1 amide bonds. The first-order valence-corrected chi connectivity index (χ1v) is 6.95. The van der Waals surface area contributed by atoms with Crippen molar-refractivity contribution in [3.8, 4) is 11.1 Å². The number of amides is 1. The van der Waals surface area contributed by atoms with Crippen LogP contribution in [-0.2, 0) is 6.42 Å². The van der Waals surface area contributed by atoms with Crippen LogP contribution in [0.15, 0.2) is 36.5 Å². The van der Waals surface area contributed by atoms with E-state index in [1.165, 1.54) is 0 Å². The van der Waals surface area contributed by atoms with Gasteiger partial charge >= 0.3 is 0 Å². The zero-order valence-electron chi connectivity index (χ0n) is 12.7. The van der Waals surface area contributed by atoms with E-state index in [1.54, 1.807) is 13.2 Å². The number of aromatic nitrogens is 1. The van der Waals surface area contributed by atoms with Crippen molar-refractivity contribution in [2.75, 3.05) is 27.7 Å². The van der Waals surface area contributed by atoms with Crippen molar-refractivity contribution in [3.63, 3.8) is 0 Å². The van der Waals surface area contributed by atoms with Gasteiger partial charge in [-0.3, -0.25) is 9.78 Å². The van der Waals surface area contributed by atoms with Crippen LogP contribution in [0.2, 0.25) is 0 Å². The molecular weight excluding hydrogens is 262 g/mol. The topological polar surface area (TPSA) is 45.2 Å². The number of hydrogen-bond donors (Lipinski definition) is 1. The molecule has 21 heavy (non-hydrogen) atoms. The van der Waals surface area contributed by atoms with Crippen LogP contribution in [0.25, 0.3) is 11.1 Å². The van der Waals surface area contributed by atoms with Crippen molar-refractivity contribution in [1.82, 2.24) is 15.2 Å². The van der Waals surface area contributed by atoms with Crippen molar-refractivity contribution in [1.29, 1.82) is 0 Å². The third kappa shape index (κ3) is 3.67. The lowest BCUT2D eigenvalue weighted by Crippen LogP contribution is -2.23. The molecule has 1 N–H and O–H groups in total. The van der Waals surface area contributed by atoms with E-state index < -0.39 is 0 Å². The number of nitrogens with one attached hydrogen (secondary N) is 1. The molecule has 109 valence electrons. The average molecular weight is 282 g/mol. The predicted octanol–water partition coefficient (Wildman–Crippen LogP) is 2.01. The van der Waals surface area contributed by atoms with Crippen LogP contribution in [0.3, 0.4) is 0 Å². The van der Waals surface area contributed by atoms with Crippen LogP contribution < -0.4 is 5.32 Å². The van der Waals surface area contributed by atoms with Gasteiger partial charge in [0.1, 0.15) is 0 Å². The highest BCUT2D eigenvalue weighted by Crippen LogP contribution is 2.25. The van der Waals surface area contributed by atoms with Crippen LogP contribution in [0.1, 0.15) is 15.9 Å². The summed E-state index contributed by atoms with van der Waals surface area (Å²) in [7, 11) is 5.67. The van der Waals surface area contributed by atoms with Gasteiger partial charge in [0.05, 0.1) is 11.8 Å². The molecule has 1 aromatic carbocycles. The van der Waals surface area contributed by atoms with Crippen LogP contribution in [0.4, 0.5) is 0 Å². The maximum Gasteiger partial charge on any atom is 0.252 e. The lowest BCUT2D eigenvalue weighted by atomic mass is 9.96. The van der Waals surface area contributed by atoms with E-state index in [2.05, 4.69) is 21.4 Å². The largest absolute Gasteiger partial charge is 0.355 e. The smallest absolute Gasteiger partial charge is 0.252 e. The number of nitrogens with zero attached hydrogens (tertiary/aromatic N) is 2. The fraction of sp³-hybridized carbons (Fsp3) is 0.294. The Kier molecular flexibility index (Phi) is 5.06. The van der Waals surface area contributed by atoms with Gasteiger partial charge in [-0.05, 0) is 31.6 Å². The maximum absolute atomic E-state index is 12.3. The fourth-order valence-corrected chi connectivity index (χ4v) is 2.19. The van der Waals surface area contributed by atoms with Crippen molar-refractivity contribution in [2.45, 2.75) is 6.42 Å². The molecule has 0 fully saturated rings. The molecule has 0 saturated heterocycles. The Morgan fingerprint density at radius 1 is 1.29 bits per heavy atom. The molecule has 4 heteroatoms. The van der Waals surface area contributed by atoms with Gasteiger partial charge in [0.15, 0.2) is 0 Å². The van der Waals surface area contributed by atoms with E-state index in [9.17, 15) is 4.79 Å². The minimum absolute atomic E-state index is 0.0961. The fourth-order valence-electron chi connectivity index (χ4n) is 2.19. The molecule has 1 radical (unpaired) electrons. The number of likely N-dealkylation sites (N-methyl/N-ethyl adjacent to an activating group) is 1. The summed E-state index contributed by atoms with van der Waals surface area (Å²) in [5.41, 5.74) is 3.32. The van der Waals surface area contributed by atoms with Gasteiger partial charge in [0.25, 0.3) is 5.91 Å². The predicted molar refractivity (Wildman–Crippen MR) is 84.2 cm³/mol. The van der Waals surface area contributed by atoms with Crippen molar-refractivity contribution >= 4 is 5.91 Å². The molecule has 1 aromatic heterocycles. The van der Waals surface area contributed by atoms with Gasteiger partial charge in [-0.25, -0.2) is 0 Å². The highest BCUT2D eigenvalue weighted by molar-refractivity contribution is 6.01. The second-order valence-corrected chi connectivity index (χ2v) is 5.14. The van der Waals surface area contributed by atoms with Crippen LogP contribution >= 0.6 is 0 Å². The van der Waals surface area contributed by atoms with Gasteiger partial charge in [-0.1, -0.05) is 30.3 Å². The summed E-state index contributed by atoms with van der Waals surface area (Å²) in [4.78, 5) is 18.6. The number of rotatable bonds is 5. The Morgan fingerprint density at radius 2 is 2.00 bits per heavy atom. The number of hydrogen-bond acceptors (Lipinski definition) is 3. The lowest BCUT2D eigenvalue weighted by Gasteiger charge is -2.15. The average Bonchev–Trinajstić information content (AvgIpc) is 2.52. The van der Waals surface area contributed by atoms with Gasteiger partial charge in [-0.15, -0.1) is 0 Å². The van der Waals surface area contributed by atoms with E-state index in [1.807, 2.05) is 44.4 Å². The summed E-state index contributed by atoms with van der Waals surface area (Å²) in [6.07, 6.45) is 5.48. The van der Waals surface area contributed by atoms with E-state index >= 15 is 0 Å². The molecule has 2 rings (SSSR count).